The summed E-state index contributed by atoms with van der Waals surface area (Å²) in [4.78, 5) is 123. The number of aryl methyl sites for hydroxylation is 2. The Morgan fingerprint density at radius 3 is 1.98 bits per heavy atom. The van der Waals surface area contributed by atoms with Gasteiger partial charge in [0.15, 0.2) is 17.0 Å². The topological polar surface area (TPSA) is 526 Å². The van der Waals surface area contributed by atoms with Crippen LogP contribution in [-0.4, -0.2) is 307 Å². The number of ketones is 3. The molecule has 4 aromatic heterocycles. The SMILES string of the molecule is CO[C@H]1C[C@@H]2CCC[C@@](O)(O2)C(=O)C(=O)N2CCCC[C@H]2C(=O)O[C@H]([C@H](N)C[C@@H]2CC[C@H](n3cc(CCCC(=O)NCCOCCOCCOCCOCCC(=O)NCCOCCOCCOCCOCCC(=O)NCCCCn4nc(-c5ccc6oc(N)nc6c5)c5c(N)ncnc54)nn3)[C@H](OC)C2)CC(=O)[C@H](C)/C=C(\C)[C@@H](O)[C@@H](O)C(=O)[C@H](C)C[C@H](C)/C=C/C=CC=C1C. The molecule has 1 aromatic carbocycles. The summed E-state index contributed by atoms with van der Waals surface area (Å²) in [6.45, 7) is 15.8. The first-order chi connectivity index (χ1) is 63.2. The summed E-state index contributed by atoms with van der Waals surface area (Å²) in [6, 6.07) is 3.17. The van der Waals surface area contributed by atoms with Crippen LogP contribution in [0.15, 0.2) is 82.7 Å². The molecule has 1 aliphatic carbocycles. The smallest absolute Gasteiger partial charge is 0.329 e. The number of nitrogen functional groups attached to an aromatic ring is 2. The van der Waals surface area contributed by atoms with E-state index in [-0.39, 0.29) is 124 Å². The summed E-state index contributed by atoms with van der Waals surface area (Å²) in [5.74, 6) is -8.36. The van der Waals surface area contributed by atoms with Crippen LogP contribution in [0.2, 0.25) is 0 Å². The van der Waals surface area contributed by atoms with E-state index in [2.05, 4.69) is 41.2 Å². The molecule has 2 saturated heterocycles. The number of carbonyl (C=O) groups excluding carboxylic acids is 8. The lowest BCUT2D eigenvalue weighted by atomic mass is 9.79. The highest BCUT2D eigenvalue weighted by molar-refractivity contribution is 6.39. The number of piperidine rings is 1. The van der Waals surface area contributed by atoms with Crippen molar-refractivity contribution in [3.63, 3.8) is 0 Å². The predicted octanol–water partition coefficient (Wildman–Crippen LogP) is 5.62. The maximum Gasteiger partial charge on any atom is 0.329 e. The number of nitrogens with two attached hydrogens (primary N) is 3. The van der Waals surface area contributed by atoms with E-state index in [0.29, 0.717) is 222 Å². The van der Waals surface area contributed by atoms with E-state index >= 15 is 0 Å². The number of aromatic nitrogens is 8. The van der Waals surface area contributed by atoms with Gasteiger partial charge in [-0.2, -0.15) is 10.1 Å². The van der Waals surface area contributed by atoms with Gasteiger partial charge in [-0.3, -0.25) is 33.6 Å². The minimum atomic E-state index is -2.46. The van der Waals surface area contributed by atoms with E-state index in [0.717, 1.165) is 28.9 Å². The molecular weight excluding hydrogens is 1700 g/mol. The van der Waals surface area contributed by atoms with Crippen molar-refractivity contribution in [2.45, 2.75) is 230 Å². The zero-order valence-corrected chi connectivity index (χ0v) is 77.0. The zero-order chi connectivity index (χ0) is 94.0. The van der Waals surface area contributed by atoms with Gasteiger partial charge in [0.2, 0.25) is 23.5 Å². The first-order valence-corrected chi connectivity index (χ1v) is 46.1. The third-order valence-corrected chi connectivity index (χ3v) is 23.9. The molecule has 5 aromatic rings. The maximum atomic E-state index is 14.7. The predicted molar refractivity (Wildman–Crippen MR) is 482 cm³/mol. The number of rotatable bonds is 46. The molecule has 14 atom stereocenters. The summed E-state index contributed by atoms with van der Waals surface area (Å²) in [7, 11) is 3.16. The molecule has 12 N–H and O–H groups in total. The standard InChI is InChI=1S/C92H139N15O24/c1-60-17-9-8-10-18-61(2)75(119-6)56-68-20-16-29-92(118,131-68)86(115)89(116)105-33-13-11-21-72(105)90(117)129-76(57-73(108)62(3)52-64(5)84(113)85(114)83(112)63(4)51-60)69(93)53-65-23-25-71(77(54-65)120-7)107-58-67(102-104-107)19-15-22-78(109)97-31-37-123-41-45-127-49-48-126-44-40-122-36-28-80(111)98-32-38-124-42-46-128-50-47-125-43-39-121-35-27-79(110)96-30-12-14-34-106-88-81(87(94)99-59-100-88)82(103-106)66-24-26-74-70(55-66)101-91(95)130-74/h8-10,17-18,24,26,52,55,58-60,62-63,65,68-69,71-72,75-77,84-85,113-114,118H,11-16,19-23,25,27-51,53-54,56-57,93H2,1-7H3,(H2,95,101)(H,96,110)(H,97,109)(H,98,111)(H2,94,99,100)/b10-8?,17-9+,61-18?,64-52+/t60-,62-,63-,65+,68+,69-,71+,72+,75+,76+,77-,84-,85+,92-/m1/s1. The van der Waals surface area contributed by atoms with Gasteiger partial charge in [-0.05, 0) is 145 Å². The van der Waals surface area contributed by atoms with E-state index in [1.54, 1.807) is 43.5 Å². The number of hydrogen-bond donors (Lipinski definition) is 9. The Kier molecular flexibility index (Phi) is 45.1. The zero-order valence-electron chi connectivity index (χ0n) is 77.0. The summed E-state index contributed by atoms with van der Waals surface area (Å²) in [6.07, 6.45) is 15.3. The molecule has 2 bridgehead atoms. The van der Waals surface area contributed by atoms with E-state index in [1.165, 1.54) is 19.3 Å². The second-order valence-electron chi connectivity index (χ2n) is 34.0. The second-order valence-corrected chi connectivity index (χ2v) is 34.0. The number of oxazole rings is 1. The number of nitrogens with zero attached hydrogens (tertiary/aromatic N) is 9. The first-order valence-electron chi connectivity index (χ1n) is 46.1. The lowest BCUT2D eigenvalue weighted by Gasteiger charge is -2.40. The van der Waals surface area contributed by atoms with Crippen LogP contribution in [0.25, 0.3) is 33.4 Å². The number of methoxy groups -OCH3 is 2. The number of fused-ring (bicyclic) bond motifs is 5. The number of anilines is 2. The number of carbonyl (C=O) groups is 8. The molecule has 7 heterocycles. The molecule has 3 fully saturated rings. The van der Waals surface area contributed by atoms with Crippen molar-refractivity contribution in [3.05, 3.63) is 84.0 Å². The fourth-order valence-corrected chi connectivity index (χ4v) is 16.5. The number of ether oxygens (including phenoxy) is 12. The van der Waals surface area contributed by atoms with E-state index in [9.17, 15) is 53.7 Å². The van der Waals surface area contributed by atoms with Crippen molar-refractivity contribution in [2.75, 3.05) is 158 Å². The molecule has 4 aliphatic rings. The normalized spacial score (nSPS) is 24.8. The fraction of sp³-hybridized carbons (Fsp3) is 0.674. The molecule has 0 spiro atoms. The average Bonchev–Trinajstić information content (AvgIpc) is 1.54. The Morgan fingerprint density at radius 1 is 0.687 bits per heavy atom. The van der Waals surface area contributed by atoms with Gasteiger partial charge in [0, 0.05) is 115 Å². The number of unbranched alkanes of at least 4 members (excludes halogenated alkanes) is 1. The fourth-order valence-electron chi connectivity index (χ4n) is 16.5. The Balaban J connectivity index is 0.569. The number of esters is 1. The minimum absolute atomic E-state index is 0.0137. The molecule has 1 saturated carbocycles. The third-order valence-electron chi connectivity index (χ3n) is 23.9. The van der Waals surface area contributed by atoms with Gasteiger partial charge in [0.1, 0.15) is 53.5 Å². The van der Waals surface area contributed by atoms with Crippen LogP contribution in [0.5, 0.6) is 0 Å². The number of hydrogen-bond acceptors (Lipinski definition) is 33. The van der Waals surface area contributed by atoms with Gasteiger partial charge in [-0.25, -0.2) is 24.1 Å². The minimum Gasteiger partial charge on any atom is -0.459 e. The van der Waals surface area contributed by atoms with Crippen LogP contribution >= 0.6 is 0 Å². The van der Waals surface area contributed by atoms with Gasteiger partial charge >= 0.3 is 5.97 Å². The first kappa shape index (κ1) is 105. The molecule has 0 unspecified atom stereocenters. The van der Waals surface area contributed by atoms with Crippen LogP contribution in [-0.2, 0) is 108 Å². The van der Waals surface area contributed by atoms with Gasteiger partial charge in [0.25, 0.3) is 17.7 Å². The Morgan fingerprint density at radius 2 is 1.33 bits per heavy atom. The van der Waals surface area contributed by atoms with Gasteiger partial charge in [0.05, 0.1) is 141 Å². The number of Topliss-reactive ketones (excluding diaryl/α,β-unsaturated/α-hetero) is 3. The van der Waals surface area contributed by atoms with Gasteiger partial charge in [-0.1, -0.05) is 62.4 Å². The van der Waals surface area contributed by atoms with Crippen LogP contribution in [0.1, 0.15) is 168 Å². The average molecular weight is 1840 g/mol. The van der Waals surface area contributed by atoms with E-state index in [1.807, 2.05) is 62.6 Å². The highest BCUT2D eigenvalue weighted by Gasteiger charge is 2.50. The number of aliphatic hydroxyl groups excluding tert-OH is 2. The molecule has 131 heavy (non-hydrogen) atoms. The molecule has 3 aliphatic heterocycles. The lowest BCUT2D eigenvalue weighted by Crippen LogP contribution is -2.58. The number of nitrogens with one attached hydrogen (secondary N) is 3. The number of cyclic esters (lactones) is 1. The van der Waals surface area contributed by atoms with Crippen molar-refractivity contribution in [1.82, 2.24) is 60.6 Å². The molecule has 39 heteroatoms. The summed E-state index contributed by atoms with van der Waals surface area (Å²) >= 11 is 0. The molecule has 39 nitrogen and oxygen atoms in total. The molecule has 0 radical (unpaired) electrons. The monoisotopic (exact) mass is 1840 g/mol. The van der Waals surface area contributed by atoms with Crippen molar-refractivity contribution < 1.29 is 115 Å². The molecular formula is C92H139N15O24. The highest BCUT2D eigenvalue weighted by atomic mass is 16.6. The summed E-state index contributed by atoms with van der Waals surface area (Å²) in [5, 5.41) is 57.3. The lowest BCUT2D eigenvalue weighted by molar-refractivity contribution is -0.245. The quantitative estimate of drug-likeness (QED) is 0.00987. The highest BCUT2D eigenvalue weighted by Crippen LogP contribution is 2.39. The van der Waals surface area contributed by atoms with Crippen molar-refractivity contribution in [3.8, 4) is 11.3 Å². The maximum absolute atomic E-state index is 14.7. The van der Waals surface area contributed by atoms with Gasteiger partial charge in [-0.15, -0.1) is 5.10 Å². The van der Waals surface area contributed by atoms with E-state index < -0.39 is 89.5 Å². The van der Waals surface area contributed by atoms with Crippen LogP contribution < -0.4 is 33.2 Å². The number of amides is 4. The Hall–Kier alpha value is -9.30. The molecule has 726 valence electrons. The molecule has 4 amide bonds. The van der Waals surface area contributed by atoms with Crippen molar-refractivity contribution in [2.24, 2.45) is 29.4 Å². The van der Waals surface area contributed by atoms with Crippen molar-refractivity contribution >= 4 is 80.9 Å². The summed E-state index contributed by atoms with van der Waals surface area (Å²) in [5.41, 5.74) is 24.0. The molecule has 9 rings (SSSR count). The van der Waals surface area contributed by atoms with Gasteiger partial charge < -0.3 is 115 Å². The second kappa shape index (κ2) is 56.0. The van der Waals surface area contributed by atoms with Crippen LogP contribution in [0, 0.1) is 23.7 Å². The number of allylic oxidation sites excluding steroid dienone is 6. The van der Waals surface area contributed by atoms with Crippen LogP contribution in [0.4, 0.5) is 11.8 Å². The Bertz CT molecular complexity index is 4540. The Labute approximate surface area is 765 Å². The van der Waals surface area contributed by atoms with E-state index in [4.69, 9.17) is 83.6 Å². The number of benzene rings is 1. The third kappa shape index (κ3) is 34.3. The van der Waals surface area contributed by atoms with Crippen LogP contribution in [0.3, 0.4) is 0 Å². The number of aliphatic hydroxyl groups is 3. The van der Waals surface area contributed by atoms with Crippen molar-refractivity contribution in [1.29, 1.82) is 0 Å². The summed E-state index contributed by atoms with van der Waals surface area (Å²) < 4.78 is 77.8. The largest absolute Gasteiger partial charge is 0.459 e.